The molecular weight excluding hydrogens is 350 g/mol. The van der Waals surface area contributed by atoms with Crippen LogP contribution in [0.2, 0.25) is 0 Å². The molecule has 2 N–H and O–H groups in total. The second-order valence-corrected chi connectivity index (χ2v) is 7.04. The van der Waals surface area contributed by atoms with Crippen molar-refractivity contribution in [3.8, 4) is 5.75 Å². The van der Waals surface area contributed by atoms with Crippen molar-refractivity contribution in [2.24, 2.45) is 0 Å². The summed E-state index contributed by atoms with van der Waals surface area (Å²) in [5.41, 5.74) is -0.578. The molecule has 0 saturated carbocycles. The van der Waals surface area contributed by atoms with E-state index in [0.29, 0.717) is 11.3 Å². The highest BCUT2D eigenvalue weighted by Crippen LogP contribution is 2.23. The van der Waals surface area contributed by atoms with Crippen LogP contribution < -0.4 is 10.1 Å². The first kappa shape index (κ1) is 19.8. The minimum atomic E-state index is -1.21. The van der Waals surface area contributed by atoms with Gasteiger partial charge in [0.1, 0.15) is 11.2 Å². The van der Waals surface area contributed by atoms with Crippen LogP contribution in [-0.2, 0) is 15.0 Å². The van der Waals surface area contributed by atoms with E-state index in [1.165, 1.54) is 0 Å². The molecule has 0 radical (unpaired) electrons. The van der Waals surface area contributed by atoms with E-state index >= 15 is 0 Å². The van der Waals surface area contributed by atoms with E-state index in [-0.39, 0.29) is 12.5 Å². The lowest BCUT2D eigenvalue weighted by Crippen LogP contribution is -2.47. The fourth-order valence-electron chi connectivity index (χ4n) is 2.43. The Bertz CT molecular complexity index is 748. The molecule has 26 heavy (non-hydrogen) atoms. The number of hydrogen-bond acceptors (Lipinski definition) is 4. The van der Waals surface area contributed by atoms with Gasteiger partial charge in [0.25, 0.3) is 5.91 Å². The zero-order valence-corrected chi connectivity index (χ0v) is 15.9. The van der Waals surface area contributed by atoms with Gasteiger partial charge in [-0.2, -0.15) is 0 Å². The zero-order chi connectivity index (χ0) is 19.2. The van der Waals surface area contributed by atoms with Gasteiger partial charge in [-0.25, -0.2) is 0 Å². The van der Waals surface area contributed by atoms with Gasteiger partial charge in [0.05, 0.1) is 0 Å². The Morgan fingerprint density at radius 2 is 1.77 bits per heavy atom. The average Bonchev–Trinajstić information content (AvgIpc) is 2.66. The molecule has 0 spiro atoms. The van der Waals surface area contributed by atoms with Crippen molar-refractivity contribution < 1.29 is 19.4 Å². The zero-order valence-electron chi connectivity index (χ0n) is 15.1. The molecule has 0 bridgehead atoms. The van der Waals surface area contributed by atoms with Gasteiger partial charge in [0, 0.05) is 11.4 Å². The summed E-state index contributed by atoms with van der Waals surface area (Å²) < 4.78 is 5.64. The van der Waals surface area contributed by atoms with Crippen molar-refractivity contribution in [3.63, 3.8) is 0 Å². The number of nitrogens with one attached hydrogen (secondary N) is 1. The smallest absolute Gasteiger partial charge is 0.315 e. The Kier molecular flexibility index (Phi) is 6.69. The van der Waals surface area contributed by atoms with Crippen LogP contribution in [-0.4, -0.2) is 35.9 Å². The van der Waals surface area contributed by atoms with Crippen LogP contribution >= 0.6 is 11.8 Å². The summed E-state index contributed by atoms with van der Waals surface area (Å²) in [4.78, 5) is 25.2. The molecule has 2 aromatic carbocycles. The predicted molar refractivity (Wildman–Crippen MR) is 103 cm³/mol. The van der Waals surface area contributed by atoms with Crippen molar-refractivity contribution in [2.75, 3.05) is 12.8 Å². The van der Waals surface area contributed by atoms with E-state index in [4.69, 9.17) is 4.74 Å². The minimum Gasteiger partial charge on any atom is -0.481 e. The molecule has 0 fully saturated rings. The van der Waals surface area contributed by atoms with E-state index in [0.717, 1.165) is 4.90 Å². The van der Waals surface area contributed by atoms with Gasteiger partial charge in [-0.3, -0.25) is 9.59 Å². The van der Waals surface area contributed by atoms with E-state index in [9.17, 15) is 14.7 Å². The molecular formula is C20H23NO4S. The van der Waals surface area contributed by atoms with Gasteiger partial charge in [-0.15, -0.1) is 11.8 Å². The SMILES string of the molecule is CSc1ccc(OC(C)C(=O)NCC(C)(C(=O)O)c2ccccc2)cc1. The highest BCUT2D eigenvalue weighted by molar-refractivity contribution is 7.98. The summed E-state index contributed by atoms with van der Waals surface area (Å²) in [6, 6.07) is 16.3. The number of aliphatic carboxylic acids is 1. The fourth-order valence-corrected chi connectivity index (χ4v) is 2.83. The molecule has 6 heteroatoms. The summed E-state index contributed by atoms with van der Waals surface area (Å²) >= 11 is 1.62. The molecule has 0 aliphatic carbocycles. The van der Waals surface area contributed by atoms with Crippen LogP contribution in [0.1, 0.15) is 19.4 Å². The summed E-state index contributed by atoms with van der Waals surface area (Å²) in [7, 11) is 0. The number of amides is 1. The van der Waals surface area contributed by atoms with Gasteiger partial charge >= 0.3 is 5.97 Å². The van der Waals surface area contributed by atoms with Crippen molar-refractivity contribution in [1.82, 2.24) is 5.32 Å². The number of carbonyl (C=O) groups is 2. The largest absolute Gasteiger partial charge is 0.481 e. The Morgan fingerprint density at radius 3 is 2.31 bits per heavy atom. The van der Waals surface area contributed by atoms with Crippen molar-refractivity contribution in [3.05, 3.63) is 60.2 Å². The van der Waals surface area contributed by atoms with Crippen molar-refractivity contribution >= 4 is 23.6 Å². The quantitative estimate of drug-likeness (QED) is 0.694. The molecule has 2 atom stereocenters. The number of ether oxygens (including phenoxy) is 1. The second-order valence-electron chi connectivity index (χ2n) is 6.16. The first-order valence-corrected chi connectivity index (χ1v) is 9.46. The van der Waals surface area contributed by atoms with Gasteiger partial charge in [-0.1, -0.05) is 30.3 Å². The summed E-state index contributed by atoms with van der Waals surface area (Å²) in [6.07, 6.45) is 1.25. The lowest BCUT2D eigenvalue weighted by Gasteiger charge is -2.26. The monoisotopic (exact) mass is 373 g/mol. The molecule has 2 unspecified atom stereocenters. The Balaban J connectivity index is 1.99. The molecule has 1 amide bonds. The number of carbonyl (C=O) groups excluding carboxylic acids is 1. The van der Waals surface area contributed by atoms with E-state index in [1.54, 1.807) is 62.0 Å². The molecule has 5 nitrogen and oxygen atoms in total. The van der Waals surface area contributed by atoms with E-state index in [2.05, 4.69) is 5.32 Å². The van der Waals surface area contributed by atoms with Gasteiger partial charge in [0.15, 0.2) is 6.10 Å². The number of carboxylic acids is 1. The fraction of sp³-hybridized carbons (Fsp3) is 0.300. The van der Waals surface area contributed by atoms with E-state index < -0.39 is 17.5 Å². The summed E-state index contributed by atoms with van der Waals surface area (Å²) in [5, 5.41) is 12.3. The summed E-state index contributed by atoms with van der Waals surface area (Å²) in [6.45, 7) is 3.21. The van der Waals surface area contributed by atoms with Gasteiger partial charge < -0.3 is 15.2 Å². The standard InChI is InChI=1S/C20H23NO4S/c1-14(25-16-9-11-17(26-3)12-10-16)18(22)21-13-20(2,19(23)24)15-7-5-4-6-8-15/h4-12,14H,13H2,1-3H3,(H,21,22)(H,23,24). The highest BCUT2D eigenvalue weighted by atomic mass is 32.2. The Morgan fingerprint density at radius 1 is 1.15 bits per heavy atom. The maximum atomic E-state index is 12.3. The maximum Gasteiger partial charge on any atom is 0.315 e. The Labute approximate surface area is 157 Å². The third-order valence-electron chi connectivity index (χ3n) is 4.24. The topological polar surface area (TPSA) is 75.6 Å². The molecule has 2 rings (SSSR count). The maximum absolute atomic E-state index is 12.3. The first-order chi connectivity index (χ1) is 12.4. The lowest BCUT2D eigenvalue weighted by molar-refractivity contribution is -0.143. The normalized spacial score (nSPS) is 14.1. The number of rotatable bonds is 8. The molecule has 0 aromatic heterocycles. The Hall–Kier alpha value is -2.47. The number of thioether (sulfide) groups is 1. The molecule has 2 aromatic rings. The number of benzene rings is 2. The second kappa shape index (κ2) is 8.76. The van der Waals surface area contributed by atoms with Crippen molar-refractivity contribution in [1.29, 1.82) is 0 Å². The molecule has 138 valence electrons. The van der Waals surface area contributed by atoms with Crippen LogP contribution in [0.15, 0.2) is 59.5 Å². The lowest BCUT2D eigenvalue weighted by atomic mass is 9.82. The molecule has 0 heterocycles. The molecule has 0 saturated heterocycles. The number of hydrogen-bond donors (Lipinski definition) is 2. The third kappa shape index (κ3) is 4.79. The predicted octanol–water partition coefficient (Wildman–Crippen LogP) is 3.33. The van der Waals surface area contributed by atoms with Crippen LogP contribution in [0.5, 0.6) is 5.75 Å². The van der Waals surface area contributed by atoms with Gasteiger partial charge in [-0.05, 0) is 49.9 Å². The molecule has 0 aliphatic heterocycles. The molecule has 0 aliphatic rings. The first-order valence-electron chi connectivity index (χ1n) is 8.24. The van der Waals surface area contributed by atoms with Crippen LogP contribution in [0.4, 0.5) is 0 Å². The van der Waals surface area contributed by atoms with Crippen molar-refractivity contribution in [2.45, 2.75) is 30.3 Å². The van der Waals surface area contributed by atoms with Crippen LogP contribution in [0.25, 0.3) is 0 Å². The number of carboxylic acid groups (broad SMARTS) is 1. The van der Waals surface area contributed by atoms with E-state index in [1.807, 2.05) is 24.5 Å². The minimum absolute atomic E-state index is 0.0235. The third-order valence-corrected chi connectivity index (χ3v) is 4.98. The summed E-state index contributed by atoms with van der Waals surface area (Å²) in [5.74, 6) is -0.762. The van der Waals surface area contributed by atoms with Crippen LogP contribution in [0, 0.1) is 0 Å². The van der Waals surface area contributed by atoms with Crippen LogP contribution in [0.3, 0.4) is 0 Å². The van der Waals surface area contributed by atoms with Gasteiger partial charge in [0.2, 0.25) is 0 Å². The average molecular weight is 373 g/mol. The highest BCUT2D eigenvalue weighted by Gasteiger charge is 2.36.